The van der Waals surface area contributed by atoms with Crippen LogP contribution in [0.2, 0.25) is 0 Å². The smallest absolute Gasteiger partial charge is 0.341 e. The highest BCUT2D eigenvalue weighted by Gasteiger charge is 2.31. The van der Waals surface area contributed by atoms with E-state index in [9.17, 15) is 4.79 Å². The molecule has 1 saturated heterocycles. The molecule has 1 aliphatic rings. The van der Waals surface area contributed by atoms with Gasteiger partial charge in [0.25, 0.3) is 0 Å². The lowest BCUT2D eigenvalue weighted by atomic mass is 10.1. The molecule has 0 radical (unpaired) electrons. The molecule has 1 N–H and O–H groups in total. The Balaban J connectivity index is 1.61. The number of benzene rings is 1. The van der Waals surface area contributed by atoms with Gasteiger partial charge in [0.05, 0.1) is 11.7 Å². The normalized spacial score (nSPS) is 16.8. The van der Waals surface area contributed by atoms with Gasteiger partial charge in [0, 0.05) is 43.9 Å². The van der Waals surface area contributed by atoms with Gasteiger partial charge in [-0.05, 0) is 25.5 Å². The third kappa shape index (κ3) is 4.12. The standard InChI is InChI=1S/C21H23N5O3/c1-25-12-10-24-21(25)20-19(22-8-9-23-20)16-6-4-11-26(16)13-15-5-2-3-7-17(15)29-14-18(27)28/h2-3,5,7-10,12,16H,4,6,11,13-14H2,1H3,(H,27,28)/t16-/m1/s1. The van der Waals surface area contributed by atoms with Crippen molar-refractivity contribution in [3.63, 3.8) is 0 Å². The molecule has 4 rings (SSSR count). The fourth-order valence-corrected chi connectivity index (χ4v) is 3.82. The molecule has 1 aromatic carbocycles. The molecule has 1 aliphatic heterocycles. The average molecular weight is 393 g/mol. The van der Waals surface area contributed by atoms with Gasteiger partial charge in [0.1, 0.15) is 11.4 Å². The first kappa shape index (κ1) is 19.1. The van der Waals surface area contributed by atoms with Crippen LogP contribution < -0.4 is 4.74 Å². The first-order valence-corrected chi connectivity index (χ1v) is 9.58. The summed E-state index contributed by atoms with van der Waals surface area (Å²) < 4.78 is 7.43. The largest absolute Gasteiger partial charge is 0.482 e. The van der Waals surface area contributed by atoms with Gasteiger partial charge in [0.2, 0.25) is 0 Å². The van der Waals surface area contributed by atoms with Crippen molar-refractivity contribution in [1.29, 1.82) is 0 Å². The average Bonchev–Trinajstić information content (AvgIpc) is 3.36. The van der Waals surface area contributed by atoms with Crippen molar-refractivity contribution < 1.29 is 14.6 Å². The number of hydrogen-bond acceptors (Lipinski definition) is 6. The Morgan fingerprint density at radius 2 is 2.03 bits per heavy atom. The van der Waals surface area contributed by atoms with Crippen LogP contribution in [0.5, 0.6) is 5.75 Å². The van der Waals surface area contributed by atoms with Crippen LogP contribution in [0.25, 0.3) is 11.5 Å². The van der Waals surface area contributed by atoms with Crippen LogP contribution in [0.3, 0.4) is 0 Å². The van der Waals surface area contributed by atoms with E-state index in [0.29, 0.717) is 12.3 Å². The second-order valence-corrected chi connectivity index (χ2v) is 7.07. The van der Waals surface area contributed by atoms with Crippen molar-refractivity contribution in [2.45, 2.75) is 25.4 Å². The zero-order valence-electron chi connectivity index (χ0n) is 16.2. The van der Waals surface area contributed by atoms with Crippen molar-refractivity contribution in [3.8, 4) is 17.3 Å². The number of aliphatic carboxylic acids is 1. The zero-order valence-corrected chi connectivity index (χ0v) is 16.2. The van der Waals surface area contributed by atoms with Crippen molar-refractivity contribution in [3.05, 3.63) is 60.3 Å². The van der Waals surface area contributed by atoms with Crippen LogP contribution in [-0.4, -0.2) is 48.6 Å². The number of carboxylic acid groups (broad SMARTS) is 1. The number of carboxylic acids is 1. The highest BCUT2D eigenvalue weighted by Crippen LogP contribution is 2.36. The summed E-state index contributed by atoms with van der Waals surface area (Å²) in [6.07, 6.45) is 9.12. The Bertz CT molecular complexity index is 1000. The van der Waals surface area contributed by atoms with Gasteiger partial charge in [0.15, 0.2) is 12.4 Å². The third-order valence-corrected chi connectivity index (χ3v) is 5.14. The predicted molar refractivity (Wildman–Crippen MR) is 106 cm³/mol. The molecule has 8 heteroatoms. The van der Waals surface area contributed by atoms with Gasteiger partial charge < -0.3 is 14.4 Å². The first-order chi connectivity index (χ1) is 14.1. The van der Waals surface area contributed by atoms with Crippen LogP contribution in [0.1, 0.15) is 30.1 Å². The third-order valence-electron chi connectivity index (χ3n) is 5.14. The number of aromatic nitrogens is 4. The van der Waals surface area contributed by atoms with E-state index in [1.54, 1.807) is 18.6 Å². The minimum atomic E-state index is -0.988. The first-order valence-electron chi connectivity index (χ1n) is 9.58. The lowest BCUT2D eigenvalue weighted by Crippen LogP contribution is -2.25. The van der Waals surface area contributed by atoms with E-state index in [2.05, 4.69) is 19.9 Å². The molecule has 3 heterocycles. The Hall–Kier alpha value is -3.26. The lowest BCUT2D eigenvalue weighted by Gasteiger charge is -2.26. The number of para-hydroxylation sites is 1. The minimum Gasteiger partial charge on any atom is -0.482 e. The van der Waals surface area contributed by atoms with Gasteiger partial charge in [-0.25, -0.2) is 14.8 Å². The summed E-state index contributed by atoms with van der Waals surface area (Å²) in [6.45, 7) is 1.22. The van der Waals surface area contributed by atoms with Crippen LogP contribution in [0.15, 0.2) is 49.1 Å². The van der Waals surface area contributed by atoms with Crippen molar-refractivity contribution in [2.75, 3.05) is 13.2 Å². The van der Waals surface area contributed by atoms with E-state index in [4.69, 9.17) is 9.84 Å². The maximum absolute atomic E-state index is 10.9. The van der Waals surface area contributed by atoms with E-state index in [0.717, 1.165) is 42.2 Å². The summed E-state index contributed by atoms with van der Waals surface area (Å²) in [5.74, 6) is 0.410. The SMILES string of the molecule is Cn1ccnc1-c1nccnc1[C@H]1CCCN1Cc1ccccc1OCC(=O)O. The number of imidazole rings is 1. The van der Waals surface area contributed by atoms with E-state index in [1.165, 1.54) is 0 Å². The highest BCUT2D eigenvalue weighted by atomic mass is 16.5. The fourth-order valence-electron chi connectivity index (χ4n) is 3.82. The fraction of sp³-hybridized carbons (Fsp3) is 0.333. The summed E-state index contributed by atoms with van der Waals surface area (Å²) in [5, 5.41) is 8.93. The van der Waals surface area contributed by atoms with Crippen LogP contribution in [-0.2, 0) is 18.4 Å². The summed E-state index contributed by atoms with van der Waals surface area (Å²) >= 11 is 0. The van der Waals surface area contributed by atoms with Crippen molar-refractivity contribution in [2.24, 2.45) is 7.05 Å². The minimum absolute atomic E-state index is 0.114. The molecule has 1 fully saturated rings. The number of likely N-dealkylation sites (tertiary alicyclic amines) is 1. The molecule has 0 bridgehead atoms. The molecular weight excluding hydrogens is 370 g/mol. The lowest BCUT2D eigenvalue weighted by molar-refractivity contribution is -0.139. The topological polar surface area (TPSA) is 93.4 Å². The molecular formula is C21H23N5O3. The van der Waals surface area contributed by atoms with Gasteiger partial charge in [-0.2, -0.15) is 0 Å². The molecule has 2 aromatic heterocycles. The van der Waals surface area contributed by atoms with Crippen LogP contribution >= 0.6 is 0 Å². The molecule has 150 valence electrons. The monoisotopic (exact) mass is 393 g/mol. The molecule has 0 aliphatic carbocycles. The zero-order chi connectivity index (χ0) is 20.2. The van der Waals surface area contributed by atoms with Crippen LogP contribution in [0, 0.1) is 0 Å². The van der Waals surface area contributed by atoms with Crippen molar-refractivity contribution >= 4 is 5.97 Å². The van der Waals surface area contributed by atoms with E-state index < -0.39 is 5.97 Å². The van der Waals surface area contributed by atoms with Gasteiger partial charge in [-0.3, -0.25) is 9.88 Å². The number of ether oxygens (including phenoxy) is 1. The molecule has 8 nitrogen and oxygen atoms in total. The van der Waals surface area contributed by atoms with Crippen LogP contribution in [0.4, 0.5) is 0 Å². The maximum atomic E-state index is 10.9. The number of aryl methyl sites for hydroxylation is 1. The molecule has 0 unspecified atom stereocenters. The van der Waals surface area contributed by atoms with E-state index in [-0.39, 0.29) is 12.6 Å². The van der Waals surface area contributed by atoms with Gasteiger partial charge in [-0.15, -0.1) is 0 Å². The molecule has 29 heavy (non-hydrogen) atoms. The second-order valence-electron chi connectivity index (χ2n) is 7.07. The Morgan fingerprint density at radius 1 is 1.21 bits per heavy atom. The number of hydrogen-bond donors (Lipinski definition) is 1. The Labute approximate surface area is 168 Å². The predicted octanol–water partition coefficient (Wildman–Crippen LogP) is 2.68. The Morgan fingerprint density at radius 3 is 2.83 bits per heavy atom. The summed E-state index contributed by atoms with van der Waals surface area (Å²) in [5.41, 5.74) is 2.68. The highest BCUT2D eigenvalue weighted by molar-refractivity contribution is 5.68. The molecule has 0 amide bonds. The van der Waals surface area contributed by atoms with Gasteiger partial charge >= 0.3 is 5.97 Å². The van der Waals surface area contributed by atoms with Crippen molar-refractivity contribution in [1.82, 2.24) is 24.4 Å². The van der Waals surface area contributed by atoms with Gasteiger partial charge in [-0.1, -0.05) is 18.2 Å². The summed E-state index contributed by atoms with van der Waals surface area (Å²) in [4.78, 5) is 26.9. The maximum Gasteiger partial charge on any atom is 0.341 e. The molecule has 3 aromatic rings. The number of nitrogens with zero attached hydrogens (tertiary/aromatic N) is 5. The van der Waals surface area contributed by atoms with E-state index >= 15 is 0 Å². The van der Waals surface area contributed by atoms with E-state index in [1.807, 2.05) is 42.1 Å². The molecule has 0 spiro atoms. The quantitative estimate of drug-likeness (QED) is 0.659. The molecule has 0 saturated carbocycles. The number of rotatable bonds is 7. The Kier molecular flexibility index (Phi) is 5.53. The molecule has 1 atom stereocenters. The summed E-state index contributed by atoms with van der Waals surface area (Å²) in [7, 11) is 1.95. The second kappa shape index (κ2) is 8.40. The summed E-state index contributed by atoms with van der Waals surface area (Å²) in [6, 6.07) is 7.69. The number of carbonyl (C=O) groups is 1.